The number of nitrogens with zero attached hydrogens (tertiary/aromatic N) is 2. The molecule has 0 aliphatic heterocycles. The zero-order valence-electron chi connectivity index (χ0n) is 14.7. The number of aromatic nitrogens is 1. The summed E-state index contributed by atoms with van der Waals surface area (Å²) in [5, 5.41) is 0. The second kappa shape index (κ2) is 8.10. The second-order valence-electron chi connectivity index (χ2n) is 6.46. The van der Waals surface area contributed by atoms with Gasteiger partial charge in [0.15, 0.2) is 0 Å². The molecule has 0 saturated carbocycles. The van der Waals surface area contributed by atoms with Gasteiger partial charge in [0.25, 0.3) is 0 Å². The smallest absolute Gasteiger partial charge is 0.249 e. The van der Waals surface area contributed by atoms with Crippen molar-refractivity contribution >= 4 is 5.91 Å². The monoisotopic (exact) mass is 346 g/mol. The van der Waals surface area contributed by atoms with Gasteiger partial charge in [-0.15, -0.1) is 0 Å². The summed E-state index contributed by atoms with van der Waals surface area (Å²) in [5.41, 5.74) is 2.07. The van der Waals surface area contributed by atoms with Gasteiger partial charge >= 0.3 is 0 Å². The van der Waals surface area contributed by atoms with Crippen LogP contribution in [-0.2, 0) is 17.9 Å². The van der Waals surface area contributed by atoms with Crippen LogP contribution in [0.2, 0.25) is 0 Å². The highest BCUT2D eigenvalue weighted by atomic mass is 19.3. The third-order valence-corrected chi connectivity index (χ3v) is 4.24. The van der Waals surface area contributed by atoms with Crippen LogP contribution in [0.25, 0.3) is 0 Å². The summed E-state index contributed by atoms with van der Waals surface area (Å²) in [6.07, 6.45) is 5.03. The molecule has 1 atom stereocenters. The second-order valence-corrected chi connectivity index (χ2v) is 6.46. The van der Waals surface area contributed by atoms with Crippen molar-refractivity contribution in [1.29, 1.82) is 0 Å². The number of alkyl halides is 2. The Kier molecular flexibility index (Phi) is 6.12. The number of hydrogen-bond acceptors (Lipinski definition) is 1. The highest BCUT2D eigenvalue weighted by Gasteiger charge is 2.32. The number of benzene rings is 1. The zero-order valence-corrected chi connectivity index (χ0v) is 14.7. The third-order valence-electron chi connectivity index (χ3n) is 4.24. The molecule has 1 unspecified atom stereocenters. The predicted octanol–water partition coefficient (Wildman–Crippen LogP) is 4.34. The Labute approximate surface area is 147 Å². The Morgan fingerprint density at radius 3 is 2.56 bits per heavy atom. The van der Waals surface area contributed by atoms with Gasteiger partial charge in [-0.05, 0) is 30.2 Å². The molecule has 0 fully saturated rings. The van der Waals surface area contributed by atoms with E-state index >= 15 is 0 Å². The van der Waals surface area contributed by atoms with E-state index in [1.165, 1.54) is 23.5 Å². The minimum Gasteiger partial charge on any atom is -0.350 e. The average molecular weight is 346 g/mol. The molecule has 2 aromatic rings. The lowest BCUT2D eigenvalue weighted by Crippen LogP contribution is -2.38. The van der Waals surface area contributed by atoms with Gasteiger partial charge in [0.1, 0.15) is 0 Å². The molecule has 2 rings (SSSR count). The number of amides is 1. The highest BCUT2D eigenvalue weighted by Crippen LogP contribution is 2.25. The molecule has 0 aliphatic carbocycles. The summed E-state index contributed by atoms with van der Waals surface area (Å²) in [6.45, 7) is 6.79. The summed E-state index contributed by atoms with van der Waals surface area (Å²) in [5.74, 6) is -4.10. The van der Waals surface area contributed by atoms with Gasteiger partial charge in [0, 0.05) is 37.9 Å². The molecular formula is C20H24F2N2O. The van der Waals surface area contributed by atoms with Crippen LogP contribution in [0.15, 0.2) is 61.4 Å². The van der Waals surface area contributed by atoms with Crippen molar-refractivity contribution in [3.63, 3.8) is 0 Å². The Hall–Kier alpha value is -2.43. The van der Waals surface area contributed by atoms with E-state index in [2.05, 4.69) is 6.58 Å². The maximum Gasteiger partial charge on any atom is 0.249 e. The minimum atomic E-state index is -2.83. The molecule has 0 bridgehead atoms. The largest absolute Gasteiger partial charge is 0.350 e. The van der Waals surface area contributed by atoms with E-state index < -0.39 is 11.8 Å². The van der Waals surface area contributed by atoms with Crippen molar-refractivity contribution in [1.82, 2.24) is 9.47 Å². The van der Waals surface area contributed by atoms with Gasteiger partial charge in [0.2, 0.25) is 11.8 Å². The molecule has 0 aliphatic rings. The average Bonchev–Trinajstić information content (AvgIpc) is 3.00. The fourth-order valence-corrected chi connectivity index (χ4v) is 2.55. The molecule has 0 spiro atoms. The van der Waals surface area contributed by atoms with Gasteiger partial charge in [0.05, 0.1) is 0 Å². The Bertz CT molecular complexity index is 704. The number of hydrogen-bond donors (Lipinski definition) is 0. The van der Waals surface area contributed by atoms with Crippen molar-refractivity contribution in [2.24, 2.45) is 5.92 Å². The molecule has 1 aromatic heterocycles. The molecule has 0 radical (unpaired) electrons. The number of halogens is 2. The summed E-state index contributed by atoms with van der Waals surface area (Å²) < 4.78 is 28.9. The van der Waals surface area contributed by atoms with Gasteiger partial charge in [-0.2, -0.15) is 0 Å². The third kappa shape index (κ3) is 5.55. The molecule has 134 valence electrons. The molecule has 1 amide bonds. The molecule has 1 heterocycles. The van der Waals surface area contributed by atoms with E-state index in [1.807, 2.05) is 53.4 Å². The normalized spacial score (nSPS) is 12.6. The molecule has 0 N–H and O–H groups in total. The topological polar surface area (TPSA) is 25.2 Å². The van der Waals surface area contributed by atoms with Crippen molar-refractivity contribution in [3.8, 4) is 0 Å². The summed E-state index contributed by atoms with van der Waals surface area (Å²) in [7, 11) is 0. The quantitative estimate of drug-likeness (QED) is 0.653. The molecule has 3 nitrogen and oxygen atoms in total. The fraction of sp³-hybridized carbons (Fsp3) is 0.350. The molecule has 1 aromatic carbocycles. The number of carbonyl (C=O) groups is 1. The predicted molar refractivity (Wildman–Crippen MR) is 95.4 cm³/mol. The Morgan fingerprint density at radius 2 is 1.96 bits per heavy atom. The lowest BCUT2D eigenvalue weighted by Gasteiger charge is -2.27. The van der Waals surface area contributed by atoms with Crippen LogP contribution in [0.3, 0.4) is 0 Å². The van der Waals surface area contributed by atoms with Gasteiger partial charge in [-0.25, -0.2) is 8.78 Å². The number of carbonyl (C=O) groups excluding carboxylic acids is 1. The van der Waals surface area contributed by atoms with E-state index in [4.69, 9.17) is 0 Å². The first-order valence-corrected chi connectivity index (χ1v) is 8.27. The maximum absolute atomic E-state index is 13.5. The first kappa shape index (κ1) is 18.9. The first-order valence-electron chi connectivity index (χ1n) is 8.27. The molecule has 0 saturated heterocycles. The summed E-state index contributed by atoms with van der Waals surface area (Å²) >= 11 is 0. The van der Waals surface area contributed by atoms with Crippen LogP contribution >= 0.6 is 0 Å². The highest BCUT2D eigenvalue weighted by molar-refractivity contribution is 5.86. The Morgan fingerprint density at radius 1 is 1.28 bits per heavy atom. The van der Waals surface area contributed by atoms with E-state index in [0.717, 1.165) is 19.0 Å². The van der Waals surface area contributed by atoms with Crippen molar-refractivity contribution < 1.29 is 13.6 Å². The lowest BCUT2D eigenvalue weighted by molar-refractivity contribution is -0.129. The SMILES string of the molecule is C=CC(=O)N(Cc1ccn(Cc2ccccc2)c1)CC(C)C(C)(F)F. The fourth-order valence-electron chi connectivity index (χ4n) is 2.55. The van der Waals surface area contributed by atoms with Crippen LogP contribution in [0.5, 0.6) is 0 Å². The molecular weight excluding hydrogens is 322 g/mol. The van der Waals surface area contributed by atoms with Crippen LogP contribution in [-0.4, -0.2) is 27.8 Å². The minimum absolute atomic E-state index is 0.0157. The summed E-state index contributed by atoms with van der Waals surface area (Å²) in [4.78, 5) is 13.4. The van der Waals surface area contributed by atoms with Gasteiger partial charge in [-0.3, -0.25) is 4.79 Å². The summed E-state index contributed by atoms with van der Waals surface area (Å²) in [6, 6.07) is 11.9. The Balaban J connectivity index is 2.06. The van der Waals surface area contributed by atoms with Gasteiger partial charge in [-0.1, -0.05) is 43.8 Å². The van der Waals surface area contributed by atoms with Crippen LogP contribution < -0.4 is 0 Å². The first-order chi connectivity index (χ1) is 11.8. The van der Waals surface area contributed by atoms with Gasteiger partial charge < -0.3 is 9.47 Å². The lowest BCUT2D eigenvalue weighted by atomic mass is 10.0. The standard InChI is InChI=1S/C20H24F2N2O/c1-4-19(25)24(12-16(2)20(3,21)22)15-18-10-11-23(14-18)13-17-8-6-5-7-9-17/h4-11,14,16H,1,12-13,15H2,2-3H3. The number of rotatable bonds is 8. The van der Waals surface area contributed by atoms with Crippen molar-refractivity contribution in [2.75, 3.05) is 6.54 Å². The van der Waals surface area contributed by atoms with Crippen LogP contribution in [0, 0.1) is 5.92 Å². The van der Waals surface area contributed by atoms with Crippen molar-refractivity contribution in [3.05, 3.63) is 72.6 Å². The van der Waals surface area contributed by atoms with Crippen molar-refractivity contribution in [2.45, 2.75) is 32.9 Å². The van der Waals surface area contributed by atoms with E-state index in [0.29, 0.717) is 0 Å². The van der Waals surface area contributed by atoms with E-state index in [9.17, 15) is 13.6 Å². The zero-order chi connectivity index (χ0) is 18.4. The molecule has 25 heavy (non-hydrogen) atoms. The molecule has 5 heteroatoms. The van der Waals surface area contributed by atoms with E-state index in [-0.39, 0.29) is 19.0 Å². The van der Waals surface area contributed by atoms with Crippen LogP contribution in [0.4, 0.5) is 8.78 Å². The van der Waals surface area contributed by atoms with Crippen LogP contribution in [0.1, 0.15) is 25.0 Å². The maximum atomic E-state index is 13.5. The van der Waals surface area contributed by atoms with E-state index in [1.54, 1.807) is 0 Å².